The largest absolute Gasteiger partial charge is 0.507 e. The molecule has 0 saturated carbocycles. The van der Waals surface area contributed by atoms with E-state index in [0.29, 0.717) is 17.7 Å². The van der Waals surface area contributed by atoms with Gasteiger partial charge in [0, 0.05) is 17.2 Å². The highest BCUT2D eigenvalue weighted by atomic mass is 16.5. The average molecular weight is 501 g/mol. The summed E-state index contributed by atoms with van der Waals surface area (Å²) >= 11 is 0. The maximum atomic E-state index is 12.6. The summed E-state index contributed by atoms with van der Waals surface area (Å²) in [7, 11) is 0. The Bertz CT molecular complexity index is 1100. The molecule has 0 amide bonds. The van der Waals surface area contributed by atoms with Gasteiger partial charge < -0.3 is 14.6 Å². The van der Waals surface area contributed by atoms with E-state index < -0.39 is 0 Å². The molecule has 4 nitrogen and oxygen atoms in total. The van der Waals surface area contributed by atoms with Crippen LogP contribution in [0.2, 0.25) is 0 Å². The summed E-state index contributed by atoms with van der Waals surface area (Å²) in [5, 5.41) is 10.4. The minimum atomic E-state index is -0.248. The number of carbonyl (C=O) groups excluding carboxylic acids is 1. The van der Waals surface area contributed by atoms with Gasteiger partial charge in [0.1, 0.15) is 17.3 Å². The maximum Gasteiger partial charge on any atom is 0.189 e. The molecule has 0 aliphatic carbocycles. The van der Waals surface area contributed by atoms with Crippen LogP contribution in [0.1, 0.15) is 81.1 Å². The van der Waals surface area contributed by atoms with Crippen LogP contribution >= 0.6 is 0 Å². The lowest BCUT2D eigenvalue weighted by Crippen LogP contribution is -1.97. The smallest absolute Gasteiger partial charge is 0.189 e. The second kappa shape index (κ2) is 15.6. The predicted molar refractivity (Wildman–Crippen MR) is 153 cm³/mol. The summed E-state index contributed by atoms with van der Waals surface area (Å²) in [5.41, 5.74) is 3.17. The van der Waals surface area contributed by atoms with Crippen LogP contribution in [0, 0.1) is 0 Å². The topological polar surface area (TPSA) is 55.8 Å². The summed E-state index contributed by atoms with van der Waals surface area (Å²) in [6, 6.07) is 22.5. The molecule has 196 valence electrons. The minimum absolute atomic E-state index is 0.0697. The lowest BCUT2D eigenvalue weighted by molar-refractivity contribution is 0.104. The normalized spacial score (nSPS) is 11.4. The fraction of sp³-hybridized carbons (Fsp3) is 0.364. The van der Waals surface area contributed by atoms with Crippen molar-refractivity contribution in [1.82, 2.24) is 0 Å². The monoisotopic (exact) mass is 500 g/mol. The number of aliphatic hydroxyl groups is 1. The van der Waals surface area contributed by atoms with E-state index in [9.17, 15) is 9.90 Å². The molecule has 3 aromatic carbocycles. The van der Waals surface area contributed by atoms with Gasteiger partial charge in [-0.3, -0.25) is 4.79 Å². The van der Waals surface area contributed by atoms with Crippen molar-refractivity contribution in [3.05, 3.63) is 90.0 Å². The van der Waals surface area contributed by atoms with Gasteiger partial charge in [0.2, 0.25) is 0 Å². The van der Waals surface area contributed by atoms with Crippen LogP contribution in [0.25, 0.3) is 16.9 Å². The Kier molecular flexibility index (Phi) is 11.8. The van der Waals surface area contributed by atoms with E-state index in [1.165, 1.54) is 51.0 Å². The SMILES string of the molecule is CCCCCCCCCCOc1ccc(-c2ccc(C(=O)C=C(O)c3ccc(OCC)cc3)cc2)cc1. The first-order valence-electron chi connectivity index (χ1n) is 13.6. The molecule has 3 aromatic rings. The highest BCUT2D eigenvalue weighted by molar-refractivity contribution is 6.08. The van der Waals surface area contributed by atoms with Crippen LogP contribution in [-0.2, 0) is 0 Å². The number of unbranched alkanes of at least 4 members (excludes halogenated alkanes) is 7. The fourth-order valence-electron chi connectivity index (χ4n) is 4.18. The highest BCUT2D eigenvalue weighted by Crippen LogP contribution is 2.24. The number of hydrogen-bond acceptors (Lipinski definition) is 4. The highest BCUT2D eigenvalue weighted by Gasteiger charge is 2.08. The zero-order chi connectivity index (χ0) is 26.3. The molecular formula is C33H40O4. The van der Waals surface area contributed by atoms with Gasteiger partial charge in [-0.2, -0.15) is 0 Å². The Morgan fingerprint density at radius 1 is 0.649 bits per heavy atom. The molecule has 1 N–H and O–H groups in total. The molecule has 0 fully saturated rings. The van der Waals surface area contributed by atoms with E-state index >= 15 is 0 Å². The second-order valence-electron chi connectivity index (χ2n) is 9.28. The van der Waals surface area contributed by atoms with Crippen molar-refractivity contribution in [2.75, 3.05) is 13.2 Å². The van der Waals surface area contributed by atoms with Crippen molar-refractivity contribution >= 4 is 11.5 Å². The number of hydrogen-bond donors (Lipinski definition) is 1. The van der Waals surface area contributed by atoms with E-state index in [1.807, 2.05) is 43.3 Å². The molecule has 3 rings (SSSR count). The van der Waals surface area contributed by atoms with Gasteiger partial charge >= 0.3 is 0 Å². The summed E-state index contributed by atoms with van der Waals surface area (Å²) < 4.78 is 11.3. The van der Waals surface area contributed by atoms with Crippen LogP contribution in [-0.4, -0.2) is 24.1 Å². The van der Waals surface area contributed by atoms with Gasteiger partial charge in [0.25, 0.3) is 0 Å². The van der Waals surface area contributed by atoms with Gasteiger partial charge in [-0.15, -0.1) is 0 Å². The van der Waals surface area contributed by atoms with E-state index in [1.54, 1.807) is 36.4 Å². The van der Waals surface area contributed by atoms with Crippen molar-refractivity contribution in [1.29, 1.82) is 0 Å². The van der Waals surface area contributed by atoms with Crippen LogP contribution < -0.4 is 9.47 Å². The third-order valence-corrected chi connectivity index (χ3v) is 6.35. The van der Waals surface area contributed by atoms with E-state index in [-0.39, 0.29) is 11.5 Å². The second-order valence-corrected chi connectivity index (χ2v) is 9.28. The Hall–Kier alpha value is -3.53. The maximum absolute atomic E-state index is 12.6. The van der Waals surface area contributed by atoms with Crippen LogP contribution in [0.5, 0.6) is 11.5 Å². The first-order chi connectivity index (χ1) is 18.1. The number of benzene rings is 3. The van der Waals surface area contributed by atoms with Crippen molar-refractivity contribution in [2.45, 2.75) is 65.2 Å². The van der Waals surface area contributed by atoms with Crippen LogP contribution in [0.15, 0.2) is 78.9 Å². The van der Waals surface area contributed by atoms with Crippen molar-refractivity contribution in [3.8, 4) is 22.6 Å². The van der Waals surface area contributed by atoms with E-state index in [2.05, 4.69) is 6.92 Å². The molecule has 0 saturated heterocycles. The Morgan fingerprint density at radius 3 is 1.73 bits per heavy atom. The van der Waals surface area contributed by atoms with Crippen molar-refractivity contribution in [3.63, 3.8) is 0 Å². The first kappa shape index (κ1) is 28.0. The quantitative estimate of drug-likeness (QED) is 0.0922. The molecule has 0 spiro atoms. The molecule has 0 aliphatic heterocycles. The molecule has 0 aromatic heterocycles. The molecule has 0 atom stereocenters. The van der Waals surface area contributed by atoms with Crippen molar-refractivity contribution in [2.24, 2.45) is 0 Å². The number of ether oxygens (including phenoxy) is 2. The molecule has 0 unspecified atom stereocenters. The van der Waals surface area contributed by atoms with Crippen LogP contribution in [0.3, 0.4) is 0 Å². The number of ketones is 1. The zero-order valence-corrected chi connectivity index (χ0v) is 22.2. The third kappa shape index (κ3) is 9.45. The first-order valence-corrected chi connectivity index (χ1v) is 13.6. The molecule has 37 heavy (non-hydrogen) atoms. The molecule has 4 heteroatoms. The molecular weight excluding hydrogens is 460 g/mol. The number of aliphatic hydroxyl groups excluding tert-OH is 1. The van der Waals surface area contributed by atoms with Gasteiger partial charge in [0.05, 0.1) is 13.2 Å². The summed E-state index contributed by atoms with van der Waals surface area (Å²) in [6.45, 7) is 5.49. The van der Waals surface area contributed by atoms with Gasteiger partial charge in [0.15, 0.2) is 5.78 Å². The molecule has 0 aliphatic rings. The predicted octanol–water partition coefficient (Wildman–Crippen LogP) is 9.05. The van der Waals surface area contributed by atoms with Crippen molar-refractivity contribution < 1.29 is 19.4 Å². The Balaban J connectivity index is 1.47. The summed E-state index contributed by atoms with van der Waals surface area (Å²) in [5.74, 6) is 1.29. The number of rotatable bonds is 16. The summed E-state index contributed by atoms with van der Waals surface area (Å²) in [6.07, 6.45) is 11.6. The standard InChI is InChI=1S/C33H40O4/c1-3-5-6-7-8-9-10-11-24-37-31-20-16-27(17-21-31)26-12-14-28(15-13-26)32(34)25-33(35)29-18-22-30(23-19-29)36-4-2/h12-23,25,35H,3-11,24H2,1-2H3. The van der Waals surface area contributed by atoms with E-state index in [4.69, 9.17) is 9.47 Å². The van der Waals surface area contributed by atoms with Gasteiger partial charge in [-0.1, -0.05) is 88.3 Å². The van der Waals surface area contributed by atoms with Gasteiger partial charge in [-0.25, -0.2) is 0 Å². The summed E-state index contributed by atoms with van der Waals surface area (Å²) in [4.78, 5) is 12.6. The molecule has 0 heterocycles. The Morgan fingerprint density at radius 2 is 1.14 bits per heavy atom. The molecule has 0 radical (unpaired) electrons. The Labute approximate surface area is 222 Å². The zero-order valence-electron chi connectivity index (χ0n) is 22.2. The third-order valence-electron chi connectivity index (χ3n) is 6.35. The van der Waals surface area contributed by atoms with Gasteiger partial charge in [-0.05, 0) is 60.9 Å². The number of carbonyl (C=O) groups is 1. The lowest BCUT2D eigenvalue weighted by atomic mass is 10.0. The molecule has 0 bridgehead atoms. The minimum Gasteiger partial charge on any atom is -0.507 e. The van der Waals surface area contributed by atoms with Crippen LogP contribution in [0.4, 0.5) is 0 Å². The van der Waals surface area contributed by atoms with E-state index in [0.717, 1.165) is 35.7 Å². The fourth-order valence-corrected chi connectivity index (χ4v) is 4.18. The number of allylic oxidation sites excluding steroid dienone is 1. The average Bonchev–Trinajstić information content (AvgIpc) is 2.93. The lowest BCUT2D eigenvalue weighted by Gasteiger charge is -2.08.